The Morgan fingerprint density at radius 1 is 1.28 bits per heavy atom. The van der Waals surface area contributed by atoms with Crippen molar-refractivity contribution in [2.24, 2.45) is 0 Å². The fourth-order valence-electron chi connectivity index (χ4n) is 1.27. The van der Waals surface area contributed by atoms with E-state index in [-0.39, 0.29) is 0 Å². The van der Waals surface area contributed by atoms with E-state index in [1.54, 1.807) is 11.8 Å². The zero-order valence-corrected chi connectivity index (χ0v) is 12.9. The topological polar surface area (TPSA) is 47.0 Å². The van der Waals surface area contributed by atoms with Gasteiger partial charge in [-0.25, -0.2) is 4.98 Å². The number of nitrogens with zero attached hydrogens (tertiary/aromatic N) is 2. The Kier molecular flexibility index (Phi) is 9.47. The van der Waals surface area contributed by atoms with E-state index in [0.29, 0.717) is 0 Å². The third-order valence-corrected chi connectivity index (χ3v) is 4.21. The van der Waals surface area contributed by atoms with Crippen LogP contribution in [0.5, 0.6) is 0 Å². The maximum Gasteiger partial charge on any atom is 0.170 e. The van der Waals surface area contributed by atoms with E-state index in [1.807, 2.05) is 0 Å². The van der Waals surface area contributed by atoms with Crippen LogP contribution in [0.1, 0.15) is 32.5 Å². The minimum atomic E-state index is 0.809. The highest BCUT2D eigenvalue weighted by Gasteiger charge is 2.01. The Labute approximate surface area is 118 Å². The fraction of sp³-hybridized carbons (Fsp3) is 0.833. The van der Waals surface area contributed by atoms with Gasteiger partial charge in [0.2, 0.25) is 0 Å². The molecule has 0 bridgehead atoms. The number of unbranched alkanes of at least 4 members (excludes halogenated alkanes) is 1. The largest absolute Gasteiger partial charge is 0.380 e. The van der Waals surface area contributed by atoms with E-state index in [0.717, 1.165) is 55.1 Å². The molecule has 0 atom stereocenters. The first-order valence-electron chi connectivity index (χ1n) is 6.60. The summed E-state index contributed by atoms with van der Waals surface area (Å²) in [5.41, 5.74) is 0. The molecule has 0 radical (unpaired) electrons. The highest BCUT2D eigenvalue weighted by Crippen LogP contribution is 2.19. The molecule has 1 aromatic heterocycles. The number of thioether (sulfide) groups is 1. The van der Waals surface area contributed by atoms with Crippen molar-refractivity contribution in [2.45, 2.75) is 37.4 Å². The van der Waals surface area contributed by atoms with Crippen LogP contribution >= 0.6 is 23.3 Å². The molecule has 0 fully saturated rings. The summed E-state index contributed by atoms with van der Waals surface area (Å²) in [6.45, 7) is 7.87. The lowest BCUT2D eigenvalue weighted by Gasteiger charge is -2.04. The molecule has 18 heavy (non-hydrogen) atoms. The van der Waals surface area contributed by atoms with Crippen LogP contribution in [0, 0.1) is 0 Å². The monoisotopic (exact) mass is 289 g/mol. The quantitative estimate of drug-likeness (QED) is 0.501. The standard InChI is InChI=1S/C12H23N3OS2/c1-3-5-8-16-9-6-13-7-10-17-12-14-11(4-2)15-18-12/h13H,3-10H2,1-2H3. The molecule has 0 saturated heterocycles. The van der Waals surface area contributed by atoms with Crippen molar-refractivity contribution in [1.29, 1.82) is 0 Å². The van der Waals surface area contributed by atoms with Crippen LogP contribution in [0.3, 0.4) is 0 Å². The predicted molar refractivity (Wildman–Crippen MR) is 78.6 cm³/mol. The Morgan fingerprint density at radius 2 is 2.17 bits per heavy atom. The first kappa shape index (κ1) is 15.9. The Morgan fingerprint density at radius 3 is 2.89 bits per heavy atom. The van der Waals surface area contributed by atoms with Gasteiger partial charge in [0, 0.05) is 31.9 Å². The lowest BCUT2D eigenvalue weighted by molar-refractivity contribution is 0.133. The third kappa shape index (κ3) is 7.31. The van der Waals surface area contributed by atoms with Gasteiger partial charge in [-0.3, -0.25) is 0 Å². The molecule has 1 N–H and O–H groups in total. The van der Waals surface area contributed by atoms with Crippen LogP contribution in [-0.2, 0) is 11.2 Å². The van der Waals surface area contributed by atoms with Gasteiger partial charge in [-0.05, 0) is 18.0 Å². The van der Waals surface area contributed by atoms with Crippen LogP contribution in [-0.4, -0.2) is 41.4 Å². The number of aryl methyl sites for hydroxylation is 1. The predicted octanol–water partition coefficient (Wildman–Crippen LogP) is 2.60. The highest BCUT2D eigenvalue weighted by molar-refractivity contribution is 8.00. The van der Waals surface area contributed by atoms with Crippen molar-refractivity contribution >= 4 is 23.3 Å². The summed E-state index contributed by atoms with van der Waals surface area (Å²) in [6.07, 6.45) is 3.28. The van der Waals surface area contributed by atoms with Gasteiger partial charge >= 0.3 is 0 Å². The average Bonchev–Trinajstić information content (AvgIpc) is 2.85. The summed E-state index contributed by atoms with van der Waals surface area (Å²) in [5, 5.41) is 3.36. The number of hydrogen-bond donors (Lipinski definition) is 1. The normalized spacial score (nSPS) is 11.0. The molecule has 0 aliphatic heterocycles. The summed E-state index contributed by atoms with van der Waals surface area (Å²) < 4.78 is 10.8. The van der Waals surface area contributed by atoms with E-state index in [4.69, 9.17) is 4.74 Å². The van der Waals surface area contributed by atoms with Crippen molar-refractivity contribution in [3.8, 4) is 0 Å². The zero-order valence-electron chi connectivity index (χ0n) is 11.3. The van der Waals surface area contributed by atoms with Gasteiger partial charge in [-0.15, -0.1) is 0 Å². The average molecular weight is 289 g/mol. The molecule has 0 saturated carbocycles. The smallest absolute Gasteiger partial charge is 0.170 e. The van der Waals surface area contributed by atoms with Crippen LogP contribution in [0.4, 0.5) is 0 Å². The van der Waals surface area contributed by atoms with Crippen LogP contribution in [0.15, 0.2) is 4.34 Å². The van der Waals surface area contributed by atoms with Gasteiger partial charge in [-0.2, -0.15) is 4.37 Å². The molecule has 1 rings (SSSR count). The molecule has 0 aliphatic carbocycles. The number of aromatic nitrogens is 2. The summed E-state index contributed by atoms with van der Waals surface area (Å²) in [5.74, 6) is 1.99. The first-order chi connectivity index (χ1) is 8.86. The Bertz CT molecular complexity index is 307. The van der Waals surface area contributed by atoms with E-state index >= 15 is 0 Å². The molecule has 1 heterocycles. The molecule has 104 valence electrons. The molecule has 4 nitrogen and oxygen atoms in total. The molecular weight excluding hydrogens is 266 g/mol. The maximum atomic E-state index is 5.47. The lowest BCUT2D eigenvalue weighted by atomic mass is 10.4. The molecule has 0 amide bonds. The van der Waals surface area contributed by atoms with Gasteiger partial charge in [-0.1, -0.05) is 32.0 Å². The van der Waals surface area contributed by atoms with Crippen molar-refractivity contribution in [1.82, 2.24) is 14.7 Å². The maximum absolute atomic E-state index is 5.47. The number of hydrogen-bond acceptors (Lipinski definition) is 6. The van der Waals surface area contributed by atoms with E-state index in [2.05, 4.69) is 28.5 Å². The van der Waals surface area contributed by atoms with E-state index < -0.39 is 0 Å². The third-order valence-electron chi connectivity index (χ3n) is 2.34. The second kappa shape index (κ2) is 10.7. The van der Waals surface area contributed by atoms with Crippen molar-refractivity contribution in [2.75, 3.05) is 32.1 Å². The Hall–Kier alpha value is -0.170. The number of nitrogens with one attached hydrogen (secondary N) is 1. The molecule has 0 aliphatic rings. The molecular formula is C12H23N3OS2. The van der Waals surface area contributed by atoms with Crippen LogP contribution in [0.2, 0.25) is 0 Å². The van der Waals surface area contributed by atoms with Gasteiger partial charge in [0.15, 0.2) is 4.34 Å². The number of ether oxygens (including phenoxy) is 1. The van der Waals surface area contributed by atoms with Gasteiger partial charge in [0.05, 0.1) is 6.61 Å². The van der Waals surface area contributed by atoms with Gasteiger partial charge in [0.1, 0.15) is 5.82 Å². The van der Waals surface area contributed by atoms with Crippen LogP contribution in [0.25, 0.3) is 0 Å². The van der Waals surface area contributed by atoms with Gasteiger partial charge in [0.25, 0.3) is 0 Å². The molecule has 1 aromatic rings. The van der Waals surface area contributed by atoms with Crippen molar-refractivity contribution in [3.63, 3.8) is 0 Å². The minimum absolute atomic E-state index is 0.809. The SMILES string of the molecule is CCCCOCCNCCSc1nc(CC)ns1. The fourth-order valence-corrected chi connectivity index (χ4v) is 2.93. The second-order valence-corrected chi connectivity index (χ2v) is 5.99. The van der Waals surface area contributed by atoms with Crippen LogP contribution < -0.4 is 5.32 Å². The first-order valence-corrected chi connectivity index (χ1v) is 8.36. The number of rotatable bonds is 11. The summed E-state index contributed by atoms with van der Waals surface area (Å²) in [7, 11) is 0. The summed E-state index contributed by atoms with van der Waals surface area (Å²) in [4.78, 5) is 4.41. The summed E-state index contributed by atoms with van der Waals surface area (Å²) >= 11 is 3.27. The summed E-state index contributed by atoms with van der Waals surface area (Å²) in [6, 6.07) is 0. The van der Waals surface area contributed by atoms with Crippen molar-refractivity contribution in [3.05, 3.63) is 5.82 Å². The minimum Gasteiger partial charge on any atom is -0.380 e. The second-order valence-electron chi connectivity index (χ2n) is 3.89. The van der Waals surface area contributed by atoms with E-state index in [9.17, 15) is 0 Å². The zero-order chi connectivity index (χ0) is 13.1. The Balaban J connectivity index is 1.89. The van der Waals surface area contributed by atoms with Gasteiger partial charge < -0.3 is 10.1 Å². The van der Waals surface area contributed by atoms with E-state index in [1.165, 1.54) is 18.0 Å². The highest BCUT2D eigenvalue weighted by atomic mass is 32.2. The molecule has 0 aromatic carbocycles. The molecule has 0 spiro atoms. The van der Waals surface area contributed by atoms with Crippen molar-refractivity contribution < 1.29 is 4.74 Å². The molecule has 0 unspecified atom stereocenters. The molecule has 6 heteroatoms. The lowest BCUT2D eigenvalue weighted by Crippen LogP contribution is -2.22.